The quantitative estimate of drug-likeness (QED) is 0.576. The molecule has 1 N–H and O–H groups in total. The summed E-state index contributed by atoms with van der Waals surface area (Å²) in [5.74, 6) is 1.07. The molecule has 0 unspecified atom stereocenters. The molecule has 0 radical (unpaired) electrons. The lowest BCUT2D eigenvalue weighted by molar-refractivity contribution is -0.119. The van der Waals surface area contributed by atoms with Gasteiger partial charge in [0, 0.05) is 26.1 Å². The Balaban J connectivity index is 1.67. The van der Waals surface area contributed by atoms with Crippen LogP contribution in [0.25, 0.3) is 11.0 Å². The van der Waals surface area contributed by atoms with Crippen molar-refractivity contribution in [3.63, 3.8) is 0 Å². The fraction of sp³-hybridized carbons (Fsp3) is 0.667. The maximum absolute atomic E-state index is 12.9. The van der Waals surface area contributed by atoms with Gasteiger partial charge >= 0.3 is 5.69 Å². The van der Waals surface area contributed by atoms with Gasteiger partial charge in [-0.2, -0.15) is 0 Å². The first-order chi connectivity index (χ1) is 14.5. The minimum atomic E-state index is -0.415. The summed E-state index contributed by atoms with van der Waals surface area (Å²) in [4.78, 5) is 47.2. The Hall–Kier alpha value is -2.16. The van der Waals surface area contributed by atoms with Crippen molar-refractivity contribution in [1.29, 1.82) is 0 Å². The molecule has 2 aliphatic rings. The van der Waals surface area contributed by atoms with Crippen LogP contribution in [0.2, 0.25) is 0 Å². The van der Waals surface area contributed by atoms with Crippen LogP contribution in [-0.4, -0.2) is 36.8 Å². The van der Waals surface area contributed by atoms with Gasteiger partial charge in [0.1, 0.15) is 16.2 Å². The molecule has 4 rings (SSSR count). The topological polar surface area (TPSA) is 98.9 Å². The van der Waals surface area contributed by atoms with Crippen LogP contribution in [0.1, 0.15) is 69.5 Å². The summed E-state index contributed by atoms with van der Waals surface area (Å²) in [6.07, 6.45) is 9.89. The van der Waals surface area contributed by atoms with E-state index < -0.39 is 11.2 Å². The number of hydrogen-bond donors (Lipinski definition) is 1. The summed E-state index contributed by atoms with van der Waals surface area (Å²) < 4.78 is 2.48. The highest BCUT2D eigenvalue weighted by atomic mass is 32.2. The molecule has 2 saturated carbocycles. The predicted molar refractivity (Wildman–Crippen MR) is 117 cm³/mol. The summed E-state index contributed by atoms with van der Waals surface area (Å²) >= 11 is 1.27. The Morgan fingerprint density at radius 3 is 2.37 bits per heavy atom. The molecule has 0 aromatic carbocycles. The zero-order chi connectivity index (χ0) is 21.3. The molecule has 9 heteroatoms. The third-order valence-corrected chi connectivity index (χ3v) is 7.29. The van der Waals surface area contributed by atoms with Crippen molar-refractivity contribution in [2.24, 2.45) is 14.1 Å². The van der Waals surface area contributed by atoms with E-state index in [1.165, 1.54) is 29.8 Å². The predicted octanol–water partition coefficient (Wildman–Crippen LogP) is 2.23. The first-order valence-electron chi connectivity index (χ1n) is 10.9. The van der Waals surface area contributed by atoms with Crippen molar-refractivity contribution in [2.75, 3.05) is 5.75 Å². The summed E-state index contributed by atoms with van der Waals surface area (Å²) in [6.45, 7) is 0. The van der Waals surface area contributed by atoms with Crippen molar-refractivity contribution in [2.45, 2.75) is 74.8 Å². The second-order valence-corrected chi connectivity index (χ2v) is 9.43. The number of hydrogen-bond acceptors (Lipinski definition) is 6. The van der Waals surface area contributed by atoms with Gasteiger partial charge in [-0.25, -0.2) is 14.8 Å². The van der Waals surface area contributed by atoms with Crippen LogP contribution in [0.15, 0.2) is 14.6 Å². The normalized spacial score (nSPS) is 18.2. The molecule has 2 fully saturated rings. The number of amides is 1. The number of aryl methyl sites for hydroxylation is 1. The smallest absolute Gasteiger partial charge is 0.332 e. The van der Waals surface area contributed by atoms with Crippen molar-refractivity contribution in [1.82, 2.24) is 24.4 Å². The number of nitrogens with zero attached hydrogens (tertiary/aromatic N) is 4. The van der Waals surface area contributed by atoms with E-state index >= 15 is 0 Å². The minimum Gasteiger partial charge on any atom is -0.353 e. The number of carbonyl (C=O) groups excluding carboxylic acids is 1. The summed E-state index contributed by atoms with van der Waals surface area (Å²) in [5, 5.41) is 3.93. The SMILES string of the molecule is Cn1c(=O)c2c(SCC(=O)NC3CCCCC3)nc(C3CCCC3)nc2n(C)c1=O. The standard InChI is InChI=1S/C21H29N5O3S/c1-25-18-16(20(28)26(2)21(25)29)19(24-17(23-18)13-8-6-7-9-13)30-12-15(27)22-14-10-4-3-5-11-14/h13-14H,3-12H2,1-2H3,(H,22,27). The average Bonchev–Trinajstić information content (AvgIpc) is 3.30. The lowest BCUT2D eigenvalue weighted by Crippen LogP contribution is -2.38. The molecule has 8 nitrogen and oxygen atoms in total. The molecule has 2 aromatic rings. The number of aromatic nitrogens is 4. The third-order valence-electron chi connectivity index (χ3n) is 6.31. The van der Waals surface area contributed by atoms with Gasteiger partial charge < -0.3 is 5.32 Å². The van der Waals surface area contributed by atoms with Crippen LogP contribution in [-0.2, 0) is 18.9 Å². The molecule has 2 heterocycles. The summed E-state index contributed by atoms with van der Waals surface area (Å²) in [5.41, 5.74) is -0.467. The van der Waals surface area contributed by atoms with Crippen molar-refractivity contribution in [3.05, 3.63) is 26.7 Å². The highest BCUT2D eigenvalue weighted by molar-refractivity contribution is 8.00. The van der Waals surface area contributed by atoms with E-state index in [0.717, 1.165) is 55.9 Å². The zero-order valence-corrected chi connectivity index (χ0v) is 18.5. The Labute approximate surface area is 179 Å². The van der Waals surface area contributed by atoms with Crippen molar-refractivity contribution >= 4 is 28.7 Å². The van der Waals surface area contributed by atoms with Gasteiger partial charge in [-0.3, -0.25) is 18.7 Å². The third kappa shape index (κ3) is 4.17. The van der Waals surface area contributed by atoms with E-state index in [1.54, 1.807) is 7.05 Å². The van der Waals surface area contributed by atoms with E-state index in [9.17, 15) is 14.4 Å². The van der Waals surface area contributed by atoms with Crippen LogP contribution >= 0.6 is 11.8 Å². The monoisotopic (exact) mass is 431 g/mol. The first-order valence-corrected chi connectivity index (χ1v) is 11.8. The largest absolute Gasteiger partial charge is 0.353 e. The van der Waals surface area contributed by atoms with Gasteiger partial charge in [-0.15, -0.1) is 0 Å². The van der Waals surface area contributed by atoms with E-state index in [-0.39, 0.29) is 23.6 Å². The summed E-state index contributed by atoms with van der Waals surface area (Å²) in [7, 11) is 3.08. The Kier molecular flexibility index (Phi) is 6.26. The molecule has 0 saturated heterocycles. The molecule has 30 heavy (non-hydrogen) atoms. The highest BCUT2D eigenvalue weighted by Gasteiger charge is 2.25. The van der Waals surface area contributed by atoms with E-state index in [4.69, 9.17) is 4.98 Å². The summed E-state index contributed by atoms with van der Waals surface area (Å²) in [6, 6.07) is 0.247. The first kappa shape index (κ1) is 21.1. The molecule has 0 bridgehead atoms. The van der Waals surface area contributed by atoms with E-state index in [2.05, 4.69) is 10.3 Å². The second-order valence-electron chi connectivity index (χ2n) is 8.46. The van der Waals surface area contributed by atoms with Gasteiger partial charge in [0.15, 0.2) is 5.65 Å². The minimum absolute atomic E-state index is 0.0391. The van der Waals surface area contributed by atoms with Crippen molar-refractivity contribution < 1.29 is 4.79 Å². The van der Waals surface area contributed by atoms with Gasteiger partial charge in [-0.1, -0.05) is 43.9 Å². The van der Waals surface area contributed by atoms with E-state index in [1.807, 2.05) is 0 Å². The second kappa shape index (κ2) is 8.91. The fourth-order valence-electron chi connectivity index (χ4n) is 4.57. The molecule has 0 aliphatic heterocycles. The van der Waals surface area contributed by atoms with Crippen LogP contribution in [0.5, 0.6) is 0 Å². The maximum atomic E-state index is 12.9. The van der Waals surface area contributed by atoms with Gasteiger partial charge in [0.2, 0.25) is 5.91 Å². The van der Waals surface area contributed by atoms with Crippen LogP contribution in [0.4, 0.5) is 0 Å². The lowest BCUT2D eigenvalue weighted by Gasteiger charge is -2.22. The van der Waals surface area contributed by atoms with Gasteiger partial charge in [0.25, 0.3) is 5.56 Å². The average molecular weight is 432 g/mol. The molecular formula is C21H29N5O3S. The van der Waals surface area contributed by atoms with Gasteiger partial charge in [0.05, 0.1) is 5.75 Å². The molecule has 0 atom stereocenters. The molecule has 2 aliphatic carbocycles. The van der Waals surface area contributed by atoms with Crippen LogP contribution in [0, 0.1) is 0 Å². The number of nitrogens with one attached hydrogen (secondary N) is 1. The number of thioether (sulfide) groups is 1. The van der Waals surface area contributed by atoms with Crippen LogP contribution in [0.3, 0.4) is 0 Å². The highest BCUT2D eigenvalue weighted by Crippen LogP contribution is 2.34. The number of carbonyl (C=O) groups is 1. The maximum Gasteiger partial charge on any atom is 0.332 e. The fourth-order valence-corrected chi connectivity index (χ4v) is 5.40. The molecule has 0 spiro atoms. The van der Waals surface area contributed by atoms with E-state index in [0.29, 0.717) is 21.9 Å². The lowest BCUT2D eigenvalue weighted by atomic mass is 9.95. The molecular weight excluding hydrogens is 402 g/mol. The molecule has 162 valence electrons. The van der Waals surface area contributed by atoms with Gasteiger partial charge in [-0.05, 0) is 25.7 Å². The molecule has 1 amide bonds. The van der Waals surface area contributed by atoms with Crippen molar-refractivity contribution in [3.8, 4) is 0 Å². The Morgan fingerprint density at radius 2 is 1.67 bits per heavy atom. The number of rotatable bonds is 5. The zero-order valence-electron chi connectivity index (χ0n) is 17.6. The molecule has 2 aromatic heterocycles. The van der Waals surface area contributed by atoms with Crippen LogP contribution < -0.4 is 16.6 Å². The Bertz CT molecular complexity index is 1060. The Morgan fingerprint density at radius 1 is 1.00 bits per heavy atom. The number of fused-ring (bicyclic) bond motifs is 1.